The predicted octanol–water partition coefficient (Wildman–Crippen LogP) is 1.71. The van der Waals surface area contributed by atoms with Crippen LogP contribution < -0.4 is 5.32 Å². The molecule has 2 aliphatic rings. The van der Waals surface area contributed by atoms with E-state index in [1.54, 1.807) is 0 Å². The summed E-state index contributed by atoms with van der Waals surface area (Å²) >= 11 is 0. The molecule has 0 aliphatic carbocycles. The first-order chi connectivity index (χ1) is 10.2. The van der Waals surface area contributed by atoms with Crippen LogP contribution in [0.4, 0.5) is 0 Å². The summed E-state index contributed by atoms with van der Waals surface area (Å²) in [6.45, 7) is 7.14. The highest BCUT2D eigenvalue weighted by Crippen LogP contribution is 2.30. The van der Waals surface area contributed by atoms with Gasteiger partial charge in [-0.2, -0.15) is 4.98 Å². The van der Waals surface area contributed by atoms with Crippen LogP contribution in [0.5, 0.6) is 0 Å². The van der Waals surface area contributed by atoms with Gasteiger partial charge in [0.2, 0.25) is 11.7 Å². The Bertz CT molecular complexity index is 464. The van der Waals surface area contributed by atoms with E-state index in [-0.39, 0.29) is 12.0 Å². The zero-order chi connectivity index (χ0) is 14.8. The Balaban J connectivity index is 1.69. The fraction of sp³-hybridized carbons (Fsp3) is 0.867. The standard InChI is InChI=1S/C15H26N4O2/c1-4-12(10(2)16-3)15-17-14(18-21-15)13-8-19-7-5-6-11(19)9-20-13/h10-13,16H,4-9H2,1-3H3. The van der Waals surface area contributed by atoms with Gasteiger partial charge in [0.1, 0.15) is 6.10 Å². The van der Waals surface area contributed by atoms with E-state index in [4.69, 9.17) is 9.26 Å². The van der Waals surface area contributed by atoms with Crippen LogP contribution in [-0.2, 0) is 4.74 Å². The largest absolute Gasteiger partial charge is 0.367 e. The molecule has 0 aromatic carbocycles. The second-order valence-corrected chi connectivity index (χ2v) is 6.20. The van der Waals surface area contributed by atoms with Gasteiger partial charge in [-0.15, -0.1) is 0 Å². The van der Waals surface area contributed by atoms with Gasteiger partial charge in [-0.05, 0) is 39.8 Å². The molecule has 1 N–H and O–H groups in total. The van der Waals surface area contributed by atoms with Crippen molar-refractivity contribution in [2.24, 2.45) is 0 Å². The quantitative estimate of drug-likeness (QED) is 0.892. The topological polar surface area (TPSA) is 63.4 Å². The van der Waals surface area contributed by atoms with Crippen LogP contribution in [0.1, 0.15) is 56.8 Å². The first-order valence-corrected chi connectivity index (χ1v) is 8.09. The molecular formula is C15H26N4O2. The van der Waals surface area contributed by atoms with Crippen LogP contribution in [0.2, 0.25) is 0 Å². The summed E-state index contributed by atoms with van der Waals surface area (Å²) < 4.78 is 11.5. The number of hydrogen-bond donors (Lipinski definition) is 1. The molecule has 1 aromatic rings. The highest BCUT2D eigenvalue weighted by molar-refractivity contribution is 5.02. The zero-order valence-corrected chi connectivity index (χ0v) is 13.2. The van der Waals surface area contributed by atoms with E-state index in [1.165, 1.54) is 19.4 Å². The monoisotopic (exact) mass is 294 g/mol. The summed E-state index contributed by atoms with van der Waals surface area (Å²) in [5.74, 6) is 1.68. The Kier molecular flexibility index (Phi) is 4.57. The number of nitrogens with zero attached hydrogens (tertiary/aromatic N) is 3. The van der Waals surface area contributed by atoms with E-state index < -0.39 is 0 Å². The van der Waals surface area contributed by atoms with Crippen molar-refractivity contribution < 1.29 is 9.26 Å². The molecule has 2 fully saturated rings. The fourth-order valence-corrected chi connectivity index (χ4v) is 3.45. The normalized spacial score (nSPS) is 29.3. The third-order valence-corrected chi connectivity index (χ3v) is 4.95. The summed E-state index contributed by atoms with van der Waals surface area (Å²) in [4.78, 5) is 7.12. The number of morpholine rings is 1. The number of hydrogen-bond acceptors (Lipinski definition) is 6. The number of aromatic nitrogens is 2. The van der Waals surface area contributed by atoms with Gasteiger partial charge in [-0.25, -0.2) is 0 Å². The van der Waals surface area contributed by atoms with Crippen LogP contribution in [0.3, 0.4) is 0 Å². The van der Waals surface area contributed by atoms with Crippen molar-refractivity contribution in [2.45, 2.75) is 57.2 Å². The third kappa shape index (κ3) is 2.98. The van der Waals surface area contributed by atoms with Gasteiger partial charge in [0.05, 0.1) is 12.5 Å². The molecule has 0 spiro atoms. The lowest BCUT2D eigenvalue weighted by atomic mass is 9.98. The Morgan fingerprint density at radius 2 is 2.33 bits per heavy atom. The van der Waals surface area contributed by atoms with Crippen LogP contribution in [0.25, 0.3) is 0 Å². The maximum Gasteiger partial charge on any atom is 0.231 e. The van der Waals surface area contributed by atoms with Crippen LogP contribution in [0, 0.1) is 0 Å². The van der Waals surface area contributed by atoms with Crippen molar-refractivity contribution in [1.29, 1.82) is 0 Å². The van der Waals surface area contributed by atoms with Gasteiger partial charge in [-0.1, -0.05) is 12.1 Å². The predicted molar refractivity (Wildman–Crippen MR) is 79.1 cm³/mol. The molecule has 0 saturated carbocycles. The van der Waals surface area contributed by atoms with Crippen LogP contribution in [0.15, 0.2) is 4.52 Å². The number of ether oxygens (including phenoxy) is 1. The Hall–Kier alpha value is -0.980. The van der Waals surface area contributed by atoms with Gasteiger partial charge >= 0.3 is 0 Å². The highest BCUT2D eigenvalue weighted by Gasteiger charge is 2.35. The third-order valence-electron chi connectivity index (χ3n) is 4.95. The van der Waals surface area contributed by atoms with Gasteiger partial charge < -0.3 is 14.6 Å². The highest BCUT2D eigenvalue weighted by atomic mass is 16.5. The molecule has 0 amide bonds. The molecule has 6 heteroatoms. The maximum absolute atomic E-state index is 5.95. The van der Waals surface area contributed by atoms with E-state index in [1.807, 2.05) is 7.05 Å². The lowest BCUT2D eigenvalue weighted by molar-refractivity contribution is -0.0548. The Morgan fingerprint density at radius 1 is 1.48 bits per heavy atom. The lowest BCUT2D eigenvalue weighted by Gasteiger charge is -2.33. The molecule has 3 rings (SSSR count). The molecule has 3 heterocycles. The molecule has 4 unspecified atom stereocenters. The van der Waals surface area contributed by atoms with E-state index in [0.29, 0.717) is 17.9 Å². The molecule has 4 atom stereocenters. The molecule has 0 radical (unpaired) electrons. The molecule has 6 nitrogen and oxygen atoms in total. The van der Waals surface area contributed by atoms with Crippen LogP contribution in [-0.4, -0.2) is 53.9 Å². The summed E-state index contributed by atoms with van der Waals surface area (Å²) in [7, 11) is 1.96. The second-order valence-electron chi connectivity index (χ2n) is 6.20. The van der Waals surface area contributed by atoms with Crippen molar-refractivity contribution in [3.05, 3.63) is 11.7 Å². The first kappa shape index (κ1) is 14.9. The smallest absolute Gasteiger partial charge is 0.231 e. The lowest BCUT2D eigenvalue weighted by Crippen LogP contribution is -2.42. The van der Waals surface area contributed by atoms with E-state index in [0.717, 1.165) is 25.5 Å². The van der Waals surface area contributed by atoms with Crippen LogP contribution >= 0.6 is 0 Å². The van der Waals surface area contributed by atoms with Gasteiger partial charge in [0.15, 0.2) is 0 Å². The molecule has 2 saturated heterocycles. The summed E-state index contributed by atoms with van der Waals surface area (Å²) in [6, 6.07) is 0.916. The summed E-state index contributed by atoms with van der Waals surface area (Å²) in [5, 5.41) is 7.44. The first-order valence-electron chi connectivity index (χ1n) is 8.09. The number of nitrogens with one attached hydrogen (secondary N) is 1. The zero-order valence-electron chi connectivity index (χ0n) is 13.2. The van der Waals surface area contributed by atoms with Gasteiger partial charge in [-0.3, -0.25) is 4.90 Å². The second kappa shape index (κ2) is 6.42. The molecule has 1 aromatic heterocycles. The maximum atomic E-state index is 5.95. The van der Waals surface area contributed by atoms with E-state index in [2.05, 4.69) is 34.2 Å². The average molecular weight is 294 g/mol. The summed E-state index contributed by atoms with van der Waals surface area (Å²) in [6.07, 6.45) is 3.46. The van der Waals surface area contributed by atoms with Crippen molar-refractivity contribution in [3.63, 3.8) is 0 Å². The number of rotatable bonds is 5. The molecule has 118 valence electrons. The molecule has 2 aliphatic heterocycles. The van der Waals surface area contributed by atoms with Crippen molar-refractivity contribution >= 4 is 0 Å². The molecule has 0 bridgehead atoms. The van der Waals surface area contributed by atoms with E-state index >= 15 is 0 Å². The fourth-order valence-electron chi connectivity index (χ4n) is 3.45. The molecular weight excluding hydrogens is 268 g/mol. The minimum atomic E-state index is -0.0424. The Labute approximate surface area is 126 Å². The van der Waals surface area contributed by atoms with Gasteiger partial charge in [0, 0.05) is 18.6 Å². The average Bonchev–Trinajstić information content (AvgIpc) is 3.15. The van der Waals surface area contributed by atoms with Crippen molar-refractivity contribution in [1.82, 2.24) is 20.4 Å². The number of likely N-dealkylation sites (N-methyl/N-ethyl adjacent to an activating group) is 1. The Morgan fingerprint density at radius 3 is 3.10 bits per heavy atom. The van der Waals surface area contributed by atoms with Crippen molar-refractivity contribution in [3.8, 4) is 0 Å². The van der Waals surface area contributed by atoms with Gasteiger partial charge in [0.25, 0.3) is 0 Å². The SMILES string of the molecule is CCC(c1nc(C2CN3CCCC3CO2)no1)C(C)NC. The summed E-state index contributed by atoms with van der Waals surface area (Å²) in [5.41, 5.74) is 0. The minimum absolute atomic E-state index is 0.0424. The van der Waals surface area contributed by atoms with E-state index in [9.17, 15) is 0 Å². The minimum Gasteiger partial charge on any atom is -0.367 e. The van der Waals surface area contributed by atoms with Crippen molar-refractivity contribution in [2.75, 3.05) is 26.7 Å². The molecule has 21 heavy (non-hydrogen) atoms. The number of fused-ring (bicyclic) bond motifs is 1.